The fourth-order valence-electron chi connectivity index (χ4n) is 3.19. The number of nitrogens with zero attached hydrogens (tertiary/aromatic N) is 1. The fraction of sp³-hybridized carbons (Fsp3) is 0.429. The lowest BCUT2D eigenvalue weighted by molar-refractivity contribution is 0.0161. The van der Waals surface area contributed by atoms with Gasteiger partial charge in [0.1, 0.15) is 0 Å². The van der Waals surface area contributed by atoms with E-state index in [1.54, 1.807) is 0 Å². The van der Waals surface area contributed by atoms with Gasteiger partial charge in [0.05, 0.1) is 13.2 Å². The minimum Gasteiger partial charge on any atom is -0.379 e. The van der Waals surface area contributed by atoms with E-state index in [4.69, 9.17) is 4.74 Å². The van der Waals surface area contributed by atoms with E-state index >= 15 is 0 Å². The van der Waals surface area contributed by atoms with Crippen molar-refractivity contribution < 1.29 is 4.74 Å². The maximum absolute atomic E-state index is 5.53. The quantitative estimate of drug-likeness (QED) is 0.880. The van der Waals surface area contributed by atoms with Gasteiger partial charge < -0.3 is 10.1 Å². The van der Waals surface area contributed by atoms with Crippen LogP contribution in [0.2, 0.25) is 0 Å². The SMILES string of the molecule is Cc1ccc(CNCC(c2ccc(C)cc2)N2CCOCC2)cc1. The minimum atomic E-state index is 0.403. The molecule has 128 valence electrons. The predicted octanol–water partition coefficient (Wildman–Crippen LogP) is 3.47. The van der Waals surface area contributed by atoms with E-state index in [1.165, 1.54) is 22.3 Å². The zero-order valence-electron chi connectivity index (χ0n) is 14.8. The monoisotopic (exact) mass is 324 g/mol. The first kappa shape index (κ1) is 17.2. The molecule has 3 heteroatoms. The smallest absolute Gasteiger partial charge is 0.0594 e. The van der Waals surface area contributed by atoms with E-state index in [0.29, 0.717) is 6.04 Å². The van der Waals surface area contributed by atoms with Gasteiger partial charge in [0.25, 0.3) is 0 Å². The standard InChI is InChI=1S/C21H28N2O/c1-17-3-7-19(8-4-17)15-22-16-21(23-11-13-24-14-12-23)20-9-5-18(2)6-10-20/h3-10,21-22H,11-16H2,1-2H3. The Kier molecular flexibility index (Phi) is 6.02. The minimum absolute atomic E-state index is 0.403. The van der Waals surface area contributed by atoms with Gasteiger partial charge in [-0.2, -0.15) is 0 Å². The topological polar surface area (TPSA) is 24.5 Å². The molecule has 0 aliphatic carbocycles. The van der Waals surface area contributed by atoms with Gasteiger partial charge in [0, 0.05) is 32.2 Å². The Balaban J connectivity index is 1.65. The van der Waals surface area contributed by atoms with E-state index in [0.717, 1.165) is 39.4 Å². The molecule has 1 aliphatic heterocycles. The number of hydrogen-bond acceptors (Lipinski definition) is 3. The summed E-state index contributed by atoms with van der Waals surface area (Å²) in [5, 5.41) is 3.65. The van der Waals surface area contributed by atoms with Crippen molar-refractivity contribution in [3.63, 3.8) is 0 Å². The third-order valence-electron chi connectivity index (χ3n) is 4.74. The first-order valence-electron chi connectivity index (χ1n) is 8.87. The zero-order chi connectivity index (χ0) is 16.8. The summed E-state index contributed by atoms with van der Waals surface area (Å²) in [5.41, 5.74) is 5.35. The Hall–Kier alpha value is -1.68. The van der Waals surface area contributed by atoms with Crippen molar-refractivity contribution in [1.29, 1.82) is 0 Å². The molecule has 0 spiro atoms. The van der Waals surface area contributed by atoms with Crippen molar-refractivity contribution in [1.82, 2.24) is 10.2 Å². The summed E-state index contributed by atoms with van der Waals surface area (Å²) in [6.45, 7) is 9.81. The van der Waals surface area contributed by atoms with Crippen LogP contribution in [0, 0.1) is 13.8 Å². The van der Waals surface area contributed by atoms with Crippen molar-refractivity contribution in [3.8, 4) is 0 Å². The highest BCUT2D eigenvalue weighted by Gasteiger charge is 2.22. The van der Waals surface area contributed by atoms with E-state index in [2.05, 4.69) is 72.6 Å². The molecule has 1 aliphatic rings. The number of morpholine rings is 1. The first-order chi connectivity index (χ1) is 11.7. The summed E-state index contributed by atoms with van der Waals surface area (Å²) < 4.78 is 5.53. The predicted molar refractivity (Wildman–Crippen MR) is 99.2 cm³/mol. The molecule has 3 rings (SSSR count). The summed E-state index contributed by atoms with van der Waals surface area (Å²) in [6, 6.07) is 18.1. The molecule has 1 N–H and O–H groups in total. The Morgan fingerprint density at radius 1 is 0.917 bits per heavy atom. The molecule has 0 saturated carbocycles. The van der Waals surface area contributed by atoms with Crippen LogP contribution in [-0.4, -0.2) is 37.7 Å². The van der Waals surface area contributed by atoms with Gasteiger partial charge in [-0.1, -0.05) is 59.7 Å². The molecule has 0 radical (unpaired) electrons. The highest BCUT2D eigenvalue weighted by molar-refractivity contribution is 5.25. The second-order valence-electron chi connectivity index (χ2n) is 6.69. The van der Waals surface area contributed by atoms with Gasteiger partial charge in [-0.25, -0.2) is 0 Å². The molecule has 0 amide bonds. The second-order valence-corrected chi connectivity index (χ2v) is 6.69. The van der Waals surface area contributed by atoms with Crippen molar-refractivity contribution in [3.05, 3.63) is 70.8 Å². The molecule has 1 fully saturated rings. The number of hydrogen-bond donors (Lipinski definition) is 1. The van der Waals surface area contributed by atoms with Crippen LogP contribution in [0.15, 0.2) is 48.5 Å². The first-order valence-corrected chi connectivity index (χ1v) is 8.87. The van der Waals surface area contributed by atoms with Gasteiger partial charge >= 0.3 is 0 Å². The van der Waals surface area contributed by atoms with Crippen molar-refractivity contribution in [2.45, 2.75) is 26.4 Å². The molecule has 2 aromatic carbocycles. The lowest BCUT2D eigenvalue weighted by Crippen LogP contribution is -2.42. The van der Waals surface area contributed by atoms with E-state index in [9.17, 15) is 0 Å². The molecular weight excluding hydrogens is 296 g/mol. The van der Waals surface area contributed by atoms with Crippen LogP contribution in [0.4, 0.5) is 0 Å². The number of rotatable bonds is 6. The number of benzene rings is 2. The average Bonchev–Trinajstić information content (AvgIpc) is 2.62. The lowest BCUT2D eigenvalue weighted by Gasteiger charge is -2.35. The molecule has 2 aromatic rings. The molecule has 3 nitrogen and oxygen atoms in total. The van der Waals surface area contributed by atoms with Gasteiger partial charge in [-0.15, -0.1) is 0 Å². The van der Waals surface area contributed by atoms with Crippen LogP contribution in [0.3, 0.4) is 0 Å². The van der Waals surface area contributed by atoms with Crippen molar-refractivity contribution >= 4 is 0 Å². The zero-order valence-corrected chi connectivity index (χ0v) is 14.8. The summed E-state index contributed by atoms with van der Waals surface area (Å²) in [5.74, 6) is 0. The third-order valence-corrected chi connectivity index (χ3v) is 4.74. The molecule has 0 bridgehead atoms. The maximum atomic E-state index is 5.53. The summed E-state index contributed by atoms with van der Waals surface area (Å²) in [6.07, 6.45) is 0. The van der Waals surface area contributed by atoms with Crippen LogP contribution in [-0.2, 0) is 11.3 Å². The number of aryl methyl sites for hydroxylation is 2. The maximum Gasteiger partial charge on any atom is 0.0594 e. The largest absolute Gasteiger partial charge is 0.379 e. The van der Waals surface area contributed by atoms with E-state index in [-0.39, 0.29) is 0 Å². The van der Waals surface area contributed by atoms with Crippen LogP contribution < -0.4 is 5.32 Å². The van der Waals surface area contributed by atoms with Crippen LogP contribution >= 0.6 is 0 Å². The highest BCUT2D eigenvalue weighted by Crippen LogP contribution is 2.22. The molecule has 1 heterocycles. The number of nitrogens with one attached hydrogen (secondary N) is 1. The van der Waals surface area contributed by atoms with Gasteiger partial charge in [-0.05, 0) is 25.0 Å². The van der Waals surface area contributed by atoms with Crippen LogP contribution in [0.25, 0.3) is 0 Å². The Labute approximate surface area is 145 Å². The second kappa shape index (κ2) is 8.43. The summed E-state index contributed by atoms with van der Waals surface area (Å²) in [7, 11) is 0. The van der Waals surface area contributed by atoms with E-state index < -0.39 is 0 Å². The highest BCUT2D eigenvalue weighted by atomic mass is 16.5. The van der Waals surface area contributed by atoms with Gasteiger partial charge in [0.15, 0.2) is 0 Å². The summed E-state index contributed by atoms with van der Waals surface area (Å²) in [4.78, 5) is 2.54. The molecule has 24 heavy (non-hydrogen) atoms. The molecule has 0 aromatic heterocycles. The third kappa shape index (κ3) is 4.67. The Morgan fingerprint density at radius 3 is 2.12 bits per heavy atom. The normalized spacial score (nSPS) is 16.9. The Morgan fingerprint density at radius 2 is 1.50 bits per heavy atom. The molecule has 1 unspecified atom stereocenters. The van der Waals surface area contributed by atoms with Crippen molar-refractivity contribution in [2.75, 3.05) is 32.8 Å². The van der Waals surface area contributed by atoms with Gasteiger partial charge in [-0.3, -0.25) is 4.90 Å². The molecule has 1 atom stereocenters. The Bertz CT molecular complexity index is 615. The van der Waals surface area contributed by atoms with E-state index in [1.807, 2.05) is 0 Å². The van der Waals surface area contributed by atoms with Crippen molar-refractivity contribution in [2.24, 2.45) is 0 Å². The average molecular weight is 324 g/mol. The summed E-state index contributed by atoms with van der Waals surface area (Å²) >= 11 is 0. The van der Waals surface area contributed by atoms with Crippen LogP contribution in [0.1, 0.15) is 28.3 Å². The van der Waals surface area contributed by atoms with Crippen LogP contribution in [0.5, 0.6) is 0 Å². The lowest BCUT2D eigenvalue weighted by atomic mass is 10.0. The fourth-order valence-corrected chi connectivity index (χ4v) is 3.19. The molecular formula is C21H28N2O. The molecule has 1 saturated heterocycles. The number of ether oxygens (including phenoxy) is 1. The van der Waals surface area contributed by atoms with Gasteiger partial charge in [0.2, 0.25) is 0 Å².